The molecule has 0 unspecified atom stereocenters. The number of nitrogens with two attached hydrogens (primary N) is 1. The molecule has 0 aliphatic carbocycles. The van der Waals surface area contributed by atoms with E-state index in [2.05, 4.69) is 10.4 Å². The highest BCUT2D eigenvalue weighted by Crippen LogP contribution is 2.04. The number of amides is 1. The van der Waals surface area contributed by atoms with Gasteiger partial charge in [-0.15, -0.1) is 0 Å². The summed E-state index contributed by atoms with van der Waals surface area (Å²) < 4.78 is 1.75. The van der Waals surface area contributed by atoms with Gasteiger partial charge >= 0.3 is 0 Å². The van der Waals surface area contributed by atoms with E-state index in [1.54, 1.807) is 10.7 Å². The van der Waals surface area contributed by atoms with Crippen LogP contribution in [-0.4, -0.2) is 21.7 Å². The lowest BCUT2D eigenvalue weighted by molar-refractivity contribution is -0.121. The Hall–Kier alpha value is -1.52. The van der Waals surface area contributed by atoms with Gasteiger partial charge in [0.15, 0.2) is 0 Å². The molecule has 84 valence electrons. The number of nitrogen functional groups attached to an aromatic ring is 1. The molecule has 0 aliphatic rings. The molecule has 1 aromatic rings. The summed E-state index contributed by atoms with van der Waals surface area (Å²) in [5.74, 6) is 0.537. The van der Waals surface area contributed by atoms with Crippen molar-refractivity contribution in [3.05, 3.63) is 11.8 Å². The molecule has 1 heterocycles. The summed E-state index contributed by atoms with van der Waals surface area (Å²) in [5.41, 5.74) is 6.51. The van der Waals surface area contributed by atoms with Crippen LogP contribution in [0.3, 0.4) is 0 Å². The van der Waals surface area contributed by atoms with Gasteiger partial charge in [0, 0.05) is 24.2 Å². The Morgan fingerprint density at radius 1 is 1.67 bits per heavy atom. The molecular weight excluding hydrogens is 192 g/mol. The van der Waals surface area contributed by atoms with E-state index in [4.69, 9.17) is 5.73 Å². The summed E-state index contributed by atoms with van der Waals surface area (Å²) in [4.78, 5) is 11.4. The van der Waals surface area contributed by atoms with E-state index >= 15 is 0 Å². The second kappa shape index (κ2) is 4.82. The van der Waals surface area contributed by atoms with Crippen molar-refractivity contribution in [1.29, 1.82) is 0 Å². The van der Waals surface area contributed by atoms with Crippen molar-refractivity contribution in [2.75, 3.05) is 5.73 Å². The van der Waals surface area contributed by atoms with Crippen LogP contribution in [0.25, 0.3) is 0 Å². The van der Waals surface area contributed by atoms with Crippen LogP contribution >= 0.6 is 0 Å². The number of rotatable bonds is 4. The summed E-state index contributed by atoms with van der Waals surface area (Å²) >= 11 is 0. The van der Waals surface area contributed by atoms with Gasteiger partial charge in [-0.3, -0.25) is 9.48 Å². The van der Waals surface area contributed by atoms with Crippen molar-refractivity contribution in [2.45, 2.75) is 39.8 Å². The van der Waals surface area contributed by atoms with Crippen molar-refractivity contribution >= 4 is 11.7 Å². The van der Waals surface area contributed by atoms with Crippen LogP contribution in [0, 0.1) is 6.92 Å². The molecule has 0 fully saturated rings. The van der Waals surface area contributed by atoms with E-state index in [1.165, 1.54) is 0 Å². The highest BCUT2D eigenvalue weighted by atomic mass is 16.1. The maximum atomic E-state index is 11.4. The number of hydrogen-bond donors (Lipinski definition) is 2. The highest BCUT2D eigenvalue weighted by Gasteiger charge is 2.06. The van der Waals surface area contributed by atoms with Crippen LogP contribution in [0.4, 0.5) is 5.82 Å². The molecule has 5 nitrogen and oxygen atoms in total. The van der Waals surface area contributed by atoms with Gasteiger partial charge in [0.05, 0.1) is 6.54 Å². The fourth-order valence-corrected chi connectivity index (χ4v) is 1.36. The fourth-order valence-electron chi connectivity index (χ4n) is 1.36. The maximum absolute atomic E-state index is 11.4. The Morgan fingerprint density at radius 3 is 2.80 bits per heavy atom. The summed E-state index contributed by atoms with van der Waals surface area (Å²) in [5, 5.41) is 6.90. The first-order valence-electron chi connectivity index (χ1n) is 5.08. The predicted molar refractivity (Wildman–Crippen MR) is 59.3 cm³/mol. The van der Waals surface area contributed by atoms with Crippen LogP contribution in [0.1, 0.15) is 26.0 Å². The molecule has 5 heteroatoms. The Labute approximate surface area is 89.6 Å². The minimum Gasteiger partial charge on any atom is -0.382 e. The number of nitrogens with zero attached hydrogens (tertiary/aromatic N) is 2. The number of nitrogens with one attached hydrogen (secondary N) is 1. The van der Waals surface area contributed by atoms with Gasteiger partial charge < -0.3 is 11.1 Å². The zero-order valence-corrected chi connectivity index (χ0v) is 9.45. The summed E-state index contributed by atoms with van der Waals surface area (Å²) in [6.45, 7) is 6.37. The van der Waals surface area contributed by atoms with Crippen molar-refractivity contribution in [2.24, 2.45) is 0 Å². The Bertz CT molecular complexity index is 343. The third-order valence-corrected chi connectivity index (χ3v) is 2.00. The molecule has 3 N–H and O–H groups in total. The summed E-state index contributed by atoms with van der Waals surface area (Å²) in [6.07, 6.45) is 0.431. The third kappa shape index (κ3) is 3.61. The highest BCUT2D eigenvalue weighted by molar-refractivity contribution is 5.76. The molecule has 0 atom stereocenters. The standard InChI is InChI=1S/C10H18N4O/c1-7(2)12-10(15)4-5-14-8(3)6-9(11)13-14/h6-7H,4-5H2,1-3H3,(H2,11,13)(H,12,15). The molecule has 0 aliphatic heterocycles. The first kappa shape index (κ1) is 11.6. The van der Waals surface area contributed by atoms with Gasteiger partial charge in [-0.1, -0.05) is 0 Å². The Kier molecular flexibility index (Phi) is 3.71. The topological polar surface area (TPSA) is 72.9 Å². The van der Waals surface area contributed by atoms with Crippen molar-refractivity contribution in [3.63, 3.8) is 0 Å². The zero-order valence-electron chi connectivity index (χ0n) is 9.45. The minimum atomic E-state index is 0.0403. The SMILES string of the molecule is Cc1cc(N)nn1CCC(=O)NC(C)C. The first-order chi connectivity index (χ1) is 6.99. The molecule has 0 saturated carbocycles. The van der Waals surface area contributed by atoms with Crippen molar-refractivity contribution < 1.29 is 4.79 Å². The Morgan fingerprint density at radius 2 is 2.33 bits per heavy atom. The lowest BCUT2D eigenvalue weighted by atomic mass is 10.3. The monoisotopic (exact) mass is 210 g/mol. The van der Waals surface area contributed by atoms with Gasteiger partial charge in [-0.05, 0) is 20.8 Å². The molecule has 0 spiro atoms. The average molecular weight is 210 g/mol. The lowest BCUT2D eigenvalue weighted by Gasteiger charge is -2.08. The van der Waals surface area contributed by atoms with E-state index in [0.29, 0.717) is 18.8 Å². The molecule has 1 amide bonds. The van der Waals surface area contributed by atoms with E-state index in [1.807, 2.05) is 20.8 Å². The van der Waals surface area contributed by atoms with E-state index in [0.717, 1.165) is 5.69 Å². The normalized spacial score (nSPS) is 10.7. The third-order valence-electron chi connectivity index (χ3n) is 2.00. The van der Waals surface area contributed by atoms with Gasteiger partial charge in [0.1, 0.15) is 5.82 Å². The molecule has 0 bridgehead atoms. The number of hydrogen-bond acceptors (Lipinski definition) is 3. The van der Waals surface area contributed by atoms with Gasteiger partial charge in [-0.2, -0.15) is 5.10 Å². The van der Waals surface area contributed by atoms with Crippen molar-refractivity contribution in [3.8, 4) is 0 Å². The van der Waals surface area contributed by atoms with E-state index < -0.39 is 0 Å². The number of aryl methyl sites for hydroxylation is 2. The summed E-state index contributed by atoms with van der Waals surface area (Å²) in [6, 6.07) is 1.97. The smallest absolute Gasteiger partial charge is 0.222 e. The zero-order chi connectivity index (χ0) is 11.4. The lowest BCUT2D eigenvalue weighted by Crippen LogP contribution is -2.30. The number of carbonyl (C=O) groups is 1. The van der Waals surface area contributed by atoms with E-state index in [9.17, 15) is 4.79 Å². The minimum absolute atomic E-state index is 0.0403. The van der Waals surface area contributed by atoms with Gasteiger partial charge in [0.25, 0.3) is 0 Å². The van der Waals surface area contributed by atoms with Gasteiger partial charge in [0.2, 0.25) is 5.91 Å². The number of anilines is 1. The van der Waals surface area contributed by atoms with Crippen molar-refractivity contribution in [1.82, 2.24) is 15.1 Å². The van der Waals surface area contributed by atoms with Crippen LogP contribution in [0.15, 0.2) is 6.07 Å². The molecular formula is C10H18N4O. The van der Waals surface area contributed by atoms with E-state index in [-0.39, 0.29) is 11.9 Å². The Balaban J connectivity index is 2.43. The molecule has 1 aromatic heterocycles. The second-order valence-electron chi connectivity index (χ2n) is 3.91. The molecule has 0 radical (unpaired) electrons. The molecule has 15 heavy (non-hydrogen) atoms. The second-order valence-corrected chi connectivity index (χ2v) is 3.91. The largest absolute Gasteiger partial charge is 0.382 e. The van der Waals surface area contributed by atoms with Crippen LogP contribution in [0.2, 0.25) is 0 Å². The number of aromatic nitrogens is 2. The summed E-state index contributed by atoms with van der Waals surface area (Å²) in [7, 11) is 0. The van der Waals surface area contributed by atoms with Crippen LogP contribution in [-0.2, 0) is 11.3 Å². The van der Waals surface area contributed by atoms with Crippen LogP contribution < -0.4 is 11.1 Å². The quantitative estimate of drug-likeness (QED) is 0.768. The molecule has 0 aromatic carbocycles. The average Bonchev–Trinajstić information content (AvgIpc) is 2.40. The molecule has 0 saturated heterocycles. The first-order valence-corrected chi connectivity index (χ1v) is 5.08. The number of carbonyl (C=O) groups excluding carboxylic acids is 1. The predicted octanol–water partition coefficient (Wildman–Crippen LogP) is 0.688. The van der Waals surface area contributed by atoms with Crippen LogP contribution in [0.5, 0.6) is 0 Å². The molecule has 1 rings (SSSR count). The van der Waals surface area contributed by atoms with Gasteiger partial charge in [-0.25, -0.2) is 0 Å². The fraction of sp³-hybridized carbons (Fsp3) is 0.600. The maximum Gasteiger partial charge on any atom is 0.222 e.